The van der Waals surface area contributed by atoms with Gasteiger partial charge in [-0.15, -0.1) is 0 Å². The van der Waals surface area contributed by atoms with Gasteiger partial charge in [-0.25, -0.2) is 14.8 Å². The van der Waals surface area contributed by atoms with E-state index in [0.717, 1.165) is 12.8 Å². The van der Waals surface area contributed by atoms with Crippen LogP contribution in [0.4, 0.5) is 10.5 Å². The zero-order valence-corrected chi connectivity index (χ0v) is 16.6. The largest absolute Gasteiger partial charge is 0.444 e. The van der Waals surface area contributed by atoms with Crippen LogP contribution >= 0.6 is 0 Å². The standard InChI is InChI=1S/C19H26N6O3/c1-12(23-18(27)28-19(2,3)4)17-21-11-22-25(17)15-8-7-14(10-20-15)24-16(26)9-13-5-6-13/h7-8,10-13H,5-6,9H2,1-4H3,(H,23,27)(H,24,26)/t12-/m0/s1. The Balaban J connectivity index is 1.65. The average molecular weight is 386 g/mol. The van der Waals surface area contributed by atoms with Crippen LogP contribution in [0.3, 0.4) is 0 Å². The number of amides is 2. The van der Waals surface area contributed by atoms with Crippen LogP contribution in [-0.2, 0) is 9.53 Å². The van der Waals surface area contributed by atoms with Crippen molar-refractivity contribution in [1.29, 1.82) is 0 Å². The number of pyridine rings is 1. The Bertz CT molecular complexity index is 836. The lowest BCUT2D eigenvalue weighted by atomic mass is 10.2. The van der Waals surface area contributed by atoms with Gasteiger partial charge in [-0.3, -0.25) is 4.79 Å². The van der Waals surface area contributed by atoms with E-state index in [1.165, 1.54) is 11.0 Å². The number of nitrogens with one attached hydrogen (secondary N) is 2. The van der Waals surface area contributed by atoms with Crippen LogP contribution in [-0.4, -0.2) is 37.3 Å². The van der Waals surface area contributed by atoms with E-state index < -0.39 is 17.7 Å². The van der Waals surface area contributed by atoms with Gasteiger partial charge in [0, 0.05) is 6.42 Å². The summed E-state index contributed by atoms with van der Waals surface area (Å²) in [6.07, 6.45) is 5.27. The minimum atomic E-state index is -0.585. The van der Waals surface area contributed by atoms with Crippen molar-refractivity contribution < 1.29 is 14.3 Å². The Kier molecular flexibility index (Phi) is 5.62. The molecule has 2 heterocycles. The van der Waals surface area contributed by atoms with Gasteiger partial charge in [-0.1, -0.05) is 0 Å². The zero-order valence-electron chi connectivity index (χ0n) is 16.6. The van der Waals surface area contributed by atoms with Gasteiger partial charge in [0.25, 0.3) is 0 Å². The van der Waals surface area contributed by atoms with Gasteiger partial charge < -0.3 is 15.4 Å². The molecule has 1 aliphatic carbocycles. The highest BCUT2D eigenvalue weighted by atomic mass is 16.6. The van der Waals surface area contributed by atoms with Crippen LogP contribution in [0, 0.1) is 5.92 Å². The molecule has 2 aromatic rings. The molecule has 0 radical (unpaired) electrons. The number of hydrogen-bond acceptors (Lipinski definition) is 6. The summed E-state index contributed by atoms with van der Waals surface area (Å²) in [5, 5.41) is 9.78. The molecule has 2 aromatic heterocycles. The van der Waals surface area contributed by atoms with E-state index in [1.807, 2.05) is 0 Å². The Morgan fingerprint density at radius 3 is 2.64 bits per heavy atom. The number of carbonyl (C=O) groups excluding carboxylic acids is 2. The molecule has 0 aliphatic heterocycles. The molecular formula is C19H26N6O3. The molecule has 9 heteroatoms. The molecule has 1 aliphatic rings. The van der Waals surface area contributed by atoms with Crippen molar-refractivity contribution in [1.82, 2.24) is 25.1 Å². The van der Waals surface area contributed by atoms with E-state index in [4.69, 9.17) is 4.74 Å². The second-order valence-electron chi connectivity index (χ2n) is 8.00. The second kappa shape index (κ2) is 7.95. The molecule has 3 rings (SSSR count). The van der Waals surface area contributed by atoms with E-state index in [-0.39, 0.29) is 5.91 Å². The van der Waals surface area contributed by atoms with E-state index in [0.29, 0.717) is 29.7 Å². The highest BCUT2D eigenvalue weighted by Crippen LogP contribution is 2.32. The van der Waals surface area contributed by atoms with Crippen molar-refractivity contribution in [3.8, 4) is 5.82 Å². The third-order valence-electron chi connectivity index (χ3n) is 4.11. The van der Waals surface area contributed by atoms with Crippen molar-refractivity contribution in [3.05, 3.63) is 30.5 Å². The number of ether oxygens (including phenoxy) is 1. The maximum atomic E-state index is 12.0. The fraction of sp³-hybridized carbons (Fsp3) is 0.526. The molecule has 2 amide bonds. The van der Waals surface area contributed by atoms with E-state index >= 15 is 0 Å². The van der Waals surface area contributed by atoms with Gasteiger partial charge in [0.2, 0.25) is 5.91 Å². The highest BCUT2D eigenvalue weighted by molar-refractivity contribution is 5.90. The average Bonchev–Trinajstić information content (AvgIpc) is 3.25. The lowest BCUT2D eigenvalue weighted by molar-refractivity contribution is -0.116. The van der Waals surface area contributed by atoms with Crippen molar-refractivity contribution in [2.45, 2.75) is 58.6 Å². The molecule has 0 aromatic carbocycles. The maximum Gasteiger partial charge on any atom is 0.408 e. The third kappa shape index (κ3) is 5.51. The first-order chi connectivity index (χ1) is 13.2. The first-order valence-electron chi connectivity index (χ1n) is 9.37. The fourth-order valence-electron chi connectivity index (χ4n) is 2.65. The highest BCUT2D eigenvalue weighted by Gasteiger charge is 2.24. The molecule has 2 N–H and O–H groups in total. The molecule has 1 atom stereocenters. The lowest BCUT2D eigenvalue weighted by Gasteiger charge is -2.21. The molecule has 0 saturated heterocycles. The molecule has 0 bridgehead atoms. The smallest absolute Gasteiger partial charge is 0.408 e. The van der Waals surface area contributed by atoms with Crippen LogP contribution in [0.25, 0.3) is 5.82 Å². The first kappa shape index (κ1) is 19.8. The Labute approximate surface area is 163 Å². The molecule has 0 spiro atoms. The van der Waals surface area contributed by atoms with Gasteiger partial charge in [0.1, 0.15) is 11.9 Å². The van der Waals surface area contributed by atoms with Gasteiger partial charge in [-0.05, 0) is 58.6 Å². The predicted molar refractivity (Wildman–Crippen MR) is 103 cm³/mol. The van der Waals surface area contributed by atoms with E-state index in [9.17, 15) is 9.59 Å². The Hall–Kier alpha value is -2.97. The molecular weight excluding hydrogens is 360 g/mol. The van der Waals surface area contributed by atoms with Crippen molar-refractivity contribution in [2.24, 2.45) is 5.92 Å². The molecule has 0 unspecified atom stereocenters. The van der Waals surface area contributed by atoms with Gasteiger partial charge in [0.05, 0.1) is 17.9 Å². The number of nitrogens with zero attached hydrogens (tertiary/aromatic N) is 4. The number of anilines is 1. The van der Waals surface area contributed by atoms with Crippen LogP contribution in [0.2, 0.25) is 0 Å². The van der Waals surface area contributed by atoms with Gasteiger partial charge in [0.15, 0.2) is 11.6 Å². The van der Waals surface area contributed by atoms with Crippen LogP contribution in [0.15, 0.2) is 24.7 Å². The third-order valence-corrected chi connectivity index (χ3v) is 4.11. The Morgan fingerprint density at radius 1 is 1.29 bits per heavy atom. The number of alkyl carbamates (subject to hydrolysis) is 1. The quantitative estimate of drug-likeness (QED) is 0.789. The monoisotopic (exact) mass is 386 g/mol. The minimum Gasteiger partial charge on any atom is -0.444 e. The maximum absolute atomic E-state index is 12.0. The van der Waals surface area contributed by atoms with Crippen LogP contribution < -0.4 is 10.6 Å². The summed E-state index contributed by atoms with van der Waals surface area (Å²) in [5.41, 5.74) is 0.0507. The fourth-order valence-corrected chi connectivity index (χ4v) is 2.65. The topological polar surface area (TPSA) is 111 Å². The van der Waals surface area contributed by atoms with Gasteiger partial charge in [-0.2, -0.15) is 9.78 Å². The molecule has 150 valence electrons. The van der Waals surface area contributed by atoms with Crippen LogP contribution in [0.5, 0.6) is 0 Å². The van der Waals surface area contributed by atoms with Crippen molar-refractivity contribution in [2.75, 3.05) is 5.32 Å². The zero-order chi connectivity index (χ0) is 20.3. The first-order valence-corrected chi connectivity index (χ1v) is 9.37. The lowest BCUT2D eigenvalue weighted by Crippen LogP contribution is -2.35. The summed E-state index contributed by atoms with van der Waals surface area (Å²) >= 11 is 0. The van der Waals surface area contributed by atoms with Crippen molar-refractivity contribution in [3.63, 3.8) is 0 Å². The Morgan fingerprint density at radius 2 is 2.04 bits per heavy atom. The van der Waals surface area contributed by atoms with E-state index in [2.05, 4.69) is 25.7 Å². The number of hydrogen-bond donors (Lipinski definition) is 2. The number of aromatic nitrogens is 4. The summed E-state index contributed by atoms with van der Waals surface area (Å²) in [7, 11) is 0. The number of carbonyl (C=O) groups is 2. The second-order valence-corrected chi connectivity index (χ2v) is 8.00. The number of rotatable bonds is 6. The summed E-state index contributed by atoms with van der Waals surface area (Å²) in [6, 6.07) is 3.08. The summed E-state index contributed by atoms with van der Waals surface area (Å²) < 4.78 is 6.81. The summed E-state index contributed by atoms with van der Waals surface area (Å²) in [5.74, 6) is 1.59. The summed E-state index contributed by atoms with van der Waals surface area (Å²) in [6.45, 7) is 7.19. The van der Waals surface area contributed by atoms with Crippen molar-refractivity contribution >= 4 is 17.7 Å². The minimum absolute atomic E-state index is 0.00804. The molecule has 1 fully saturated rings. The van der Waals surface area contributed by atoms with E-state index in [1.54, 1.807) is 46.0 Å². The predicted octanol–water partition coefficient (Wildman–Crippen LogP) is 2.99. The molecule has 9 nitrogen and oxygen atoms in total. The summed E-state index contributed by atoms with van der Waals surface area (Å²) in [4.78, 5) is 32.5. The van der Waals surface area contributed by atoms with Gasteiger partial charge >= 0.3 is 6.09 Å². The molecule has 1 saturated carbocycles. The molecule has 28 heavy (non-hydrogen) atoms. The normalized spacial score (nSPS) is 15.0. The van der Waals surface area contributed by atoms with Crippen LogP contribution in [0.1, 0.15) is 58.8 Å². The SMILES string of the molecule is C[C@H](NC(=O)OC(C)(C)C)c1ncnn1-c1ccc(NC(=O)CC2CC2)cn1.